The fourth-order valence-electron chi connectivity index (χ4n) is 2.64. The van der Waals surface area contributed by atoms with Gasteiger partial charge in [-0.3, -0.25) is 0 Å². The number of carbonyl (C=O) groups excluding carboxylic acids is 1. The summed E-state index contributed by atoms with van der Waals surface area (Å²) in [5.41, 5.74) is 4.15. The summed E-state index contributed by atoms with van der Waals surface area (Å²) >= 11 is 2.98. The third kappa shape index (κ3) is 30.0. The molecule has 0 aromatic carbocycles. The molecule has 3 nitrogen and oxygen atoms in total. The molecule has 0 bridgehead atoms. The molecule has 0 aromatic rings. The van der Waals surface area contributed by atoms with Crippen molar-refractivity contribution in [3.63, 3.8) is 0 Å². The second-order valence-electron chi connectivity index (χ2n) is 6.18. The van der Waals surface area contributed by atoms with Crippen molar-refractivity contribution in [2.24, 2.45) is 5.73 Å². The van der Waals surface area contributed by atoms with Crippen LogP contribution in [0.3, 0.4) is 0 Å². The second kappa shape index (κ2) is 23.7. The van der Waals surface area contributed by atoms with Crippen molar-refractivity contribution in [2.45, 2.75) is 110 Å². The Morgan fingerprint density at radius 3 is 1.30 bits per heavy atom. The van der Waals surface area contributed by atoms with Gasteiger partial charge in [0.15, 0.2) is 6.19 Å². The predicted molar refractivity (Wildman–Crippen MR) is 94.4 cm³/mol. The number of hydrogen-bond acceptors (Lipinski definition) is 3. The number of carbonyl (C=O) groups is 1. The second-order valence-corrected chi connectivity index (χ2v) is 6.84. The topological polar surface area (TPSA) is 66.9 Å². The van der Waals surface area contributed by atoms with Crippen LogP contribution in [0, 0.1) is 11.5 Å². The number of unbranched alkanes of at least 4 members (excludes halogenated alkanes) is 14. The van der Waals surface area contributed by atoms with E-state index in [0.717, 1.165) is 6.42 Å². The Bertz CT molecular complexity index is 277. The maximum Gasteiger partial charge on any atom is 0.173 e. The van der Waals surface area contributed by atoms with Crippen LogP contribution in [-0.2, 0) is 20.8 Å². The molecule has 0 radical (unpaired) electrons. The summed E-state index contributed by atoms with van der Waals surface area (Å²) in [5.74, 6) is 0. The van der Waals surface area contributed by atoms with Crippen LogP contribution in [0.1, 0.15) is 110 Å². The SMILES string of the molecule is CCCCCCCCCCCCCCCCC[C](=O)[Mn].N#CN. The third-order valence-electron chi connectivity index (χ3n) is 3.98. The molecule has 23 heavy (non-hydrogen) atoms. The number of hydrogen-bond donors (Lipinski definition) is 1. The molecule has 136 valence electrons. The van der Waals surface area contributed by atoms with Crippen LogP contribution in [0.2, 0.25) is 0 Å². The minimum atomic E-state index is 0.159. The molecule has 0 rings (SSSR count). The van der Waals surface area contributed by atoms with Crippen molar-refractivity contribution in [3.05, 3.63) is 0 Å². The fraction of sp³-hybridized carbons (Fsp3) is 0.895. The van der Waals surface area contributed by atoms with Crippen LogP contribution in [-0.4, -0.2) is 4.68 Å². The van der Waals surface area contributed by atoms with E-state index in [4.69, 9.17) is 5.26 Å². The zero-order valence-corrected chi connectivity index (χ0v) is 16.3. The number of rotatable bonds is 16. The zero-order valence-electron chi connectivity index (χ0n) is 15.1. The molecule has 0 saturated carbocycles. The molecule has 4 heteroatoms. The zero-order chi connectivity index (χ0) is 17.6. The van der Waals surface area contributed by atoms with Gasteiger partial charge in [0.1, 0.15) is 0 Å². The molecule has 0 saturated heterocycles. The van der Waals surface area contributed by atoms with Gasteiger partial charge in [-0.1, -0.05) is 39.0 Å². The van der Waals surface area contributed by atoms with Crippen LogP contribution >= 0.6 is 0 Å². The van der Waals surface area contributed by atoms with Crippen molar-refractivity contribution in [1.82, 2.24) is 0 Å². The molecule has 0 fully saturated rings. The Balaban J connectivity index is 0. The minimum absolute atomic E-state index is 0.159. The van der Waals surface area contributed by atoms with Gasteiger partial charge in [-0.25, -0.2) is 0 Å². The average Bonchev–Trinajstić information content (AvgIpc) is 2.51. The first kappa shape index (κ1) is 24.7. The number of nitrogens with zero attached hydrogens (tertiary/aromatic N) is 1. The normalized spacial score (nSPS) is 9.78. The quantitative estimate of drug-likeness (QED) is 0.164. The van der Waals surface area contributed by atoms with Gasteiger partial charge in [-0.2, -0.15) is 5.26 Å². The van der Waals surface area contributed by atoms with Gasteiger partial charge < -0.3 is 5.73 Å². The van der Waals surface area contributed by atoms with E-state index in [0.29, 0.717) is 6.42 Å². The predicted octanol–water partition coefficient (Wildman–Crippen LogP) is 5.75. The summed E-state index contributed by atoms with van der Waals surface area (Å²) in [6.45, 7) is 2.28. The van der Waals surface area contributed by atoms with E-state index in [2.05, 4.69) is 28.7 Å². The molecule has 0 atom stereocenters. The van der Waals surface area contributed by atoms with Crippen LogP contribution in [0.5, 0.6) is 0 Å². The van der Waals surface area contributed by atoms with Gasteiger partial charge in [0.2, 0.25) is 0 Å². The Hall–Kier alpha value is -0.521. The summed E-state index contributed by atoms with van der Waals surface area (Å²) in [6.07, 6.45) is 22.6. The monoisotopic (exact) mass is 364 g/mol. The summed E-state index contributed by atoms with van der Waals surface area (Å²) in [5, 5.41) is 7.10. The Morgan fingerprint density at radius 1 is 0.783 bits per heavy atom. The third-order valence-corrected chi connectivity index (χ3v) is 4.27. The van der Waals surface area contributed by atoms with E-state index in [9.17, 15) is 4.79 Å². The van der Waals surface area contributed by atoms with Crippen molar-refractivity contribution in [2.75, 3.05) is 0 Å². The molecule has 0 heterocycles. The first-order valence-corrected chi connectivity index (χ1v) is 10.1. The smallest absolute Gasteiger partial charge is 0.173 e. The summed E-state index contributed by atoms with van der Waals surface area (Å²) in [6, 6.07) is 0. The van der Waals surface area contributed by atoms with Gasteiger partial charge in [-0.05, 0) is 0 Å². The van der Waals surface area contributed by atoms with Crippen LogP contribution in [0.15, 0.2) is 0 Å². The van der Waals surface area contributed by atoms with Gasteiger partial charge in [0.25, 0.3) is 0 Å². The molecular formula is C19H37MnN2O. The maximum absolute atomic E-state index is 10.7. The van der Waals surface area contributed by atoms with E-state index < -0.39 is 0 Å². The number of nitrogens with two attached hydrogens (primary N) is 1. The van der Waals surface area contributed by atoms with Crippen LogP contribution < -0.4 is 5.73 Å². The van der Waals surface area contributed by atoms with E-state index >= 15 is 0 Å². The Kier molecular flexibility index (Phi) is 25.5. The molecule has 0 aliphatic heterocycles. The average molecular weight is 364 g/mol. The van der Waals surface area contributed by atoms with Gasteiger partial charge in [0, 0.05) is 0 Å². The van der Waals surface area contributed by atoms with Crippen molar-refractivity contribution >= 4 is 4.68 Å². The van der Waals surface area contributed by atoms with Gasteiger partial charge >= 0.3 is 96.1 Å². The molecule has 0 unspecified atom stereocenters. The standard InChI is InChI=1S/C18H35O.CH2N2.Mn/c1-2-3-4-5-6-7-8-9-10-11-12-13-14-15-16-17-18-19;2-1-3;/h2-17H2,1H3;2H2;. The van der Waals surface area contributed by atoms with E-state index in [1.54, 1.807) is 0 Å². The summed E-state index contributed by atoms with van der Waals surface area (Å²) in [4.78, 5) is 10.7. The van der Waals surface area contributed by atoms with Crippen molar-refractivity contribution in [3.8, 4) is 6.19 Å². The fourth-order valence-corrected chi connectivity index (χ4v) is 2.84. The molecule has 0 amide bonds. The number of nitriles is 1. The molecule has 0 aliphatic carbocycles. The van der Waals surface area contributed by atoms with Gasteiger partial charge in [0.05, 0.1) is 0 Å². The molecule has 0 aliphatic rings. The molecular weight excluding hydrogens is 327 g/mol. The van der Waals surface area contributed by atoms with Crippen molar-refractivity contribution in [1.29, 1.82) is 5.26 Å². The largest absolute Gasteiger partial charge is 0.337 e. The van der Waals surface area contributed by atoms with E-state index in [1.807, 2.05) is 0 Å². The van der Waals surface area contributed by atoms with Crippen LogP contribution in [0.4, 0.5) is 0 Å². The molecule has 0 aromatic heterocycles. The minimum Gasteiger partial charge on any atom is -0.337 e. The summed E-state index contributed by atoms with van der Waals surface area (Å²) < 4.78 is 0.159. The molecule has 2 N–H and O–H groups in total. The van der Waals surface area contributed by atoms with E-state index in [-0.39, 0.29) is 4.68 Å². The van der Waals surface area contributed by atoms with Gasteiger partial charge in [-0.15, -0.1) is 0 Å². The Morgan fingerprint density at radius 2 is 1.04 bits per heavy atom. The van der Waals surface area contributed by atoms with Crippen LogP contribution in [0.25, 0.3) is 0 Å². The summed E-state index contributed by atoms with van der Waals surface area (Å²) in [7, 11) is 0. The Labute approximate surface area is 152 Å². The first-order chi connectivity index (χ1) is 11.2. The van der Waals surface area contributed by atoms with Crippen molar-refractivity contribution < 1.29 is 20.8 Å². The van der Waals surface area contributed by atoms with E-state index in [1.165, 1.54) is 96.1 Å². The molecule has 0 spiro atoms. The first-order valence-electron chi connectivity index (χ1n) is 9.47. The maximum atomic E-state index is 10.7.